The fourth-order valence-corrected chi connectivity index (χ4v) is 2.03. The summed E-state index contributed by atoms with van der Waals surface area (Å²) in [4.78, 5) is 11.6. The lowest BCUT2D eigenvalue weighted by atomic mass is 10.1. The molecule has 2 aromatic rings. The maximum Gasteiger partial charge on any atom is 0.418 e. The topological polar surface area (TPSA) is 77.1 Å². The van der Waals surface area contributed by atoms with E-state index in [0.29, 0.717) is 16.8 Å². The highest BCUT2D eigenvalue weighted by Gasteiger charge is 2.37. The number of hydrogen-bond acceptors (Lipinski definition) is 5. The molecule has 1 heterocycles. The first kappa shape index (κ1) is 20.2. The third-order valence-corrected chi connectivity index (χ3v) is 3.21. The van der Waals surface area contributed by atoms with Crippen molar-refractivity contribution < 1.29 is 31.3 Å². The van der Waals surface area contributed by atoms with Gasteiger partial charge < -0.3 is 15.0 Å². The number of halogens is 6. The number of alkyl halides is 6. The molecule has 2 rings (SSSR count). The first-order valence-corrected chi connectivity index (χ1v) is 7.05. The first-order valence-electron chi connectivity index (χ1n) is 7.05. The van der Waals surface area contributed by atoms with E-state index >= 15 is 0 Å². The van der Waals surface area contributed by atoms with Crippen molar-refractivity contribution in [1.82, 2.24) is 19.9 Å². The van der Waals surface area contributed by atoms with Gasteiger partial charge in [0.2, 0.25) is 0 Å². The van der Waals surface area contributed by atoms with Crippen LogP contribution in [0.4, 0.5) is 32.2 Å². The molecule has 0 aliphatic heterocycles. The highest BCUT2D eigenvalue weighted by atomic mass is 19.4. The average molecular weight is 395 g/mol. The largest absolute Gasteiger partial charge is 0.418 e. The number of nitro groups is 1. The van der Waals surface area contributed by atoms with Gasteiger partial charge in [0.15, 0.2) is 5.69 Å². The van der Waals surface area contributed by atoms with Gasteiger partial charge in [-0.3, -0.25) is 0 Å². The average Bonchev–Trinajstić information content (AvgIpc) is 2.94. The Hall–Kier alpha value is -3.12. The molecular formula is C14H11F6N5O2. The molecule has 13 heteroatoms. The molecule has 0 saturated heterocycles. The van der Waals surface area contributed by atoms with Crippen LogP contribution in [0.3, 0.4) is 0 Å². The molecule has 27 heavy (non-hydrogen) atoms. The molecule has 0 radical (unpaired) electrons. The molecule has 0 aliphatic rings. The number of hydrogen-bond donors (Lipinski definition) is 0. The van der Waals surface area contributed by atoms with E-state index < -0.39 is 39.9 Å². The first-order chi connectivity index (χ1) is 12.3. The smallest absolute Gasteiger partial charge is 0.383 e. The molecule has 1 aromatic heterocycles. The SMILES string of the molecule is CN(C)/C=C/c1c([N+](=O)[O-])nnn1-c1cc(C(F)(F)F)cc(C(F)(F)F)c1. The maximum atomic E-state index is 13.0. The summed E-state index contributed by atoms with van der Waals surface area (Å²) in [5.41, 5.74) is -4.21. The maximum absolute atomic E-state index is 13.0. The highest BCUT2D eigenvalue weighted by Crippen LogP contribution is 2.37. The van der Waals surface area contributed by atoms with Crippen LogP contribution in [-0.4, -0.2) is 38.9 Å². The Labute approximate surface area is 147 Å². The van der Waals surface area contributed by atoms with Crippen molar-refractivity contribution in [3.8, 4) is 5.69 Å². The van der Waals surface area contributed by atoms with Crippen molar-refractivity contribution >= 4 is 11.9 Å². The molecule has 0 N–H and O–H groups in total. The summed E-state index contributed by atoms with van der Waals surface area (Å²) < 4.78 is 78.5. The Morgan fingerprint density at radius 1 is 1.07 bits per heavy atom. The van der Waals surface area contributed by atoms with Crippen LogP contribution < -0.4 is 0 Å². The monoisotopic (exact) mass is 395 g/mol. The fraction of sp³-hybridized carbons (Fsp3) is 0.286. The zero-order valence-electron chi connectivity index (χ0n) is 13.7. The zero-order valence-corrected chi connectivity index (χ0v) is 13.7. The number of nitrogens with zero attached hydrogens (tertiary/aromatic N) is 5. The lowest BCUT2D eigenvalue weighted by molar-refractivity contribution is -0.389. The molecule has 7 nitrogen and oxygen atoms in total. The van der Waals surface area contributed by atoms with Gasteiger partial charge >= 0.3 is 18.2 Å². The lowest BCUT2D eigenvalue weighted by Gasteiger charge is -2.14. The quantitative estimate of drug-likeness (QED) is 0.448. The minimum Gasteiger partial charge on any atom is -0.383 e. The van der Waals surface area contributed by atoms with E-state index in [4.69, 9.17) is 0 Å². The summed E-state index contributed by atoms with van der Waals surface area (Å²) in [7, 11) is 3.12. The molecule has 0 amide bonds. The van der Waals surface area contributed by atoms with E-state index in [2.05, 4.69) is 10.3 Å². The summed E-state index contributed by atoms with van der Waals surface area (Å²) in [6.45, 7) is 0. The van der Waals surface area contributed by atoms with Crippen molar-refractivity contribution in [2.45, 2.75) is 12.4 Å². The fourth-order valence-electron chi connectivity index (χ4n) is 2.03. The van der Waals surface area contributed by atoms with Crippen LogP contribution in [0.15, 0.2) is 24.4 Å². The van der Waals surface area contributed by atoms with Crippen LogP contribution in [0, 0.1) is 10.1 Å². The van der Waals surface area contributed by atoms with Crippen LogP contribution in [-0.2, 0) is 12.4 Å². The van der Waals surface area contributed by atoms with Crippen molar-refractivity contribution in [1.29, 1.82) is 0 Å². The van der Waals surface area contributed by atoms with Gasteiger partial charge in [-0.15, -0.1) is 0 Å². The molecular weight excluding hydrogens is 384 g/mol. The Balaban J connectivity index is 2.76. The van der Waals surface area contributed by atoms with Crippen molar-refractivity contribution in [3.63, 3.8) is 0 Å². The molecule has 146 valence electrons. The molecule has 0 saturated carbocycles. The van der Waals surface area contributed by atoms with Crippen LogP contribution in [0.25, 0.3) is 11.8 Å². The number of rotatable bonds is 4. The minimum atomic E-state index is -5.07. The van der Waals surface area contributed by atoms with Gasteiger partial charge in [-0.25, -0.2) is 0 Å². The molecule has 0 bridgehead atoms. The second-order valence-electron chi connectivity index (χ2n) is 5.51. The van der Waals surface area contributed by atoms with Crippen molar-refractivity contribution in [2.24, 2.45) is 0 Å². The second-order valence-corrected chi connectivity index (χ2v) is 5.51. The standard InChI is InChI=1S/C14H11F6N5O2/c1-23(2)4-3-11-12(25(26)27)21-22-24(11)10-6-8(13(15,16)17)5-9(7-10)14(18,19)20/h3-7H,1-2H3/b4-3+. The summed E-state index contributed by atoms with van der Waals surface area (Å²) in [5, 5.41) is 17.6. The Bertz CT molecular complexity index is 853. The Kier molecular flexibility index (Phi) is 5.15. The van der Waals surface area contributed by atoms with E-state index in [1.165, 1.54) is 11.1 Å². The summed E-state index contributed by atoms with van der Waals surface area (Å²) in [6, 6.07) is 0.755. The Morgan fingerprint density at radius 2 is 1.59 bits per heavy atom. The molecule has 0 atom stereocenters. The van der Waals surface area contributed by atoms with Gasteiger partial charge in [0, 0.05) is 20.3 Å². The third-order valence-electron chi connectivity index (χ3n) is 3.21. The van der Waals surface area contributed by atoms with Gasteiger partial charge in [0.1, 0.15) is 5.10 Å². The predicted molar refractivity (Wildman–Crippen MR) is 80.7 cm³/mol. The van der Waals surface area contributed by atoms with Crippen molar-refractivity contribution in [3.05, 3.63) is 51.3 Å². The van der Waals surface area contributed by atoms with E-state index in [-0.39, 0.29) is 11.8 Å². The molecule has 0 fully saturated rings. The van der Waals surface area contributed by atoms with E-state index in [0.717, 1.165) is 6.08 Å². The van der Waals surface area contributed by atoms with Gasteiger partial charge in [0.25, 0.3) is 0 Å². The lowest BCUT2D eigenvalue weighted by Crippen LogP contribution is -2.13. The van der Waals surface area contributed by atoms with Gasteiger partial charge in [-0.1, -0.05) is 0 Å². The third kappa shape index (κ3) is 4.54. The van der Waals surface area contributed by atoms with Crippen molar-refractivity contribution in [2.75, 3.05) is 14.1 Å². The highest BCUT2D eigenvalue weighted by molar-refractivity contribution is 5.57. The van der Waals surface area contributed by atoms with Gasteiger partial charge in [-0.2, -0.15) is 31.0 Å². The van der Waals surface area contributed by atoms with Crippen LogP contribution in [0.2, 0.25) is 0 Å². The predicted octanol–water partition coefficient (Wildman–Crippen LogP) is 3.75. The minimum absolute atomic E-state index is 0.0514. The Morgan fingerprint density at radius 3 is 2.00 bits per heavy atom. The molecule has 0 unspecified atom stereocenters. The van der Waals surface area contributed by atoms with E-state index in [9.17, 15) is 36.5 Å². The van der Waals surface area contributed by atoms with Crippen LogP contribution >= 0.6 is 0 Å². The zero-order chi connectivity index (χ0) is 20.6. The second kappa shape index (κ2) is 6.89. The number of aromatic nitrogens is 3. The van der Waals surface area contributed by atoms with Gasteiger partial charge in [0.05, 0.1) is 22.0 Å². The molecule has 1 aromatic carbocycles. The summed E-state index contributed by atoms with van der Waals surface area (Å²) in [5.74, 6) is -0.820. The van der Waals surface area contributed by atoms with E-state index in [1.807, 2.05) is 0 Å². The molecule has 0 spiro atoms. The van der Waals surface area contributed by atoms with Crippen LogP contribution in [0.5, 0.6) is 0 Å². The summed E-state index contributed by atoms with van der Waals surface area (Å²) >= 11 is 0. The molecule has 0 aliphatic carbocycles. The summed E-state index contributed by atoms with van der Waals surface area (Å²) in [6.07, 6.45) is -7.73. The van der Waals surface area contributed by atoms with Gasteiger partial charge in [-0.05, 0) is 29.2 Å². The normalized spacial score (nSPS) is 12.6. The van der Waals surface area contributed by atoms with E-state index in [1.54, 1.807) is 14.1 Å². The van der Waals surface area contributed by atoms with Crippen LogP contribution in [0.1, 0.15) is 16.8 Å². The number of benzene rings is 1.